The number of aliphatic hydroxyl groups excluding tert-OH is 1. The summed E-state index contributed by atoms with van der Waals surface area (Å²) in [7, 11) is 0. The number of aryl methyl sites for hydroxylation is 1. The van der Waals surface area contributed by atoms with Gasteiger partial charge in [-0.1, -0.05) is 13.8 Å². The van der Waals surface area contributed by atoms with Gasteiger partial charge in [0, 0.05) is 5.54 Å². The van der Waals surface area contributed by atoms with Crippen LogP contribution in [0.2, 0.25) is 0 Å². The molecule has 0 aliphatic carbocycles. The lowest BCUT2D eigenvalue weighted by molar-refractivity contribution is 0.138. The van der Waals surface area contributed by atoms with Crippen LogP contribution in [0.15, 0.2) is 18.2 Å². The molecule has 120 valence electrons. The first-order chi connectivity index (χ1) is 10.1. The molecule has 1 aromatic carbocycles. The Morgan fingerprint density at radius 1 is 1.33 bits per heavy atom. The summed E-state index contributed by atoms with van der Waals surface area (Å²) in [4.78, 5) is 0. The third-order valence-corrected chi connectivity index (χ3v) is 3.93. The van der Waals surface area contributed by atoms with Crippen molar-refractivity contribution in [1.29, 1.82) is 0 Å². The summed E-state index contributed by atoms with van der Waals surface area (Å²) in [5.41, 5.74) is 0.383. The van der Waals surface area contributed by atoms with Crippen molar-refractivity contribution in [3.8, 4) is 5.75 Å². The Bertz CT molecular complexity index is 419. The van der Waals surface area contributed by atoms with Crippen molar-refractivity contribution < 1.29 is 14.2 Å². The molecule has 2 N–H and O–H groups in total. The van der Waals surface area contributed by atoms with Gasteiger partial charge in [-0.15, -0.1) is 0 Å². The number of rotatable bonds is 10. The molecule has 1 aromatic rings. The summed E-state index contributed by atoms with van der Waals surface area (Å²) in [5, 5.41) is 13.1. The third kappa shape index (κ3) is 5.64. The van der Waals surface area contributed by atoms with E-state index in [1.807, 2.05) is 0 Å². The Kier molecular flexibility index (Phi) is 7.68. The van der Waals surface area contributed by atoms with E-state index in [1.54, 1.807) is 19.1 Å². The van der Waals surface area contributed by atoms with Crippen molar-refractivity contribution in [2.75, 3.05) is 19.8 Å². The molecule has 0 radical (unpaired) electrons. The van der Waals surface area contributed by atoms with Crippen LogP contribution < -0.4 is 10.1 Å². The molecule has 0 aromatic heterocycles. The molecule has 4 heteroatoms. The largest absolute Gasteiger partial charge is 0.494 e. The van der Waals surface area contributed by atoms with Crippen molar-refractivity contribution in [2.24, 2.45) is 0 Å². The zero-order chi connectivity index (χ0) is 15.7. The van der Waals surface area contributed by atoms with E-state index in [-0.39, 0.29) is 18.0 Å². The quantitative estimate of drug-likeness (QED) is 0.650. The van der Waals surface area contributed by atoms with Crippen molar-refractivity contribution in [2.45, 2.75) is 52.0 Å². The molecule has 0 saturated carbocycles. The Hall–Kier alpha value is -1.13. The average Bonchev–Trinajstić information content (AvgIpc) is 2.50. The molecule has 0 saturated heterocycles. The zero-order valence-corrected chi connectivity index (χ0v) is 13.4. The van der Waals surface area contributed by atoms with Crippen LogP contribution in [0.25, 0.3) is 0 Å². The van der Waals surface area contributed by atoms with E-state index < -0.39 is 0 Å². The molecule has 0 aliphatic heterocycles. The zero-order valence-electron chi connectivity index (χ0n) is 13.4. The molecule has 0 bridgehead atoms. The van der Waals surface area contributed by atoms with Crippen LogP contribution >= 0.6 is 0 Å². The first-order valence-corrected chi connectivity index (χ1v) is 7.81. The number of halogens is 1. The molecule has 21 heavy (non-hydrogen) atoms. The van der Waals surface area contributed by atoms with Gasteiger partial charge in [0.2, 0.25) is 0 Å². The lowest BCUT2D eigenvalue weighted by Crippen LogP contribution is -2.48. The molecule has 1 rings (SSSR count). The predicted octanol–water partition coefficient (Wildman–Crippen LogP) is 3.43. The van der Waals surface area contributed by atoms with Crippen molar-refractivity contribution in [3.05, 3.63) is 29.6 Å². The first kappa shape index (κ1) is 17.9. The standard InChI is InChI=1S/C17H28FNO2/c1-4-10-19-17(5-2,13-20)9-6-11-21-15-7-8-16(18)14(3)12-15/h7-8,12,19-20H,4-6,9-11,13H2,1-3H3. The monoisotopic (exact) mass is 297 g/mol. The van der Waals surface area contributed by atoms with Gasteiger partial charge in [0.15, 0.2) is 0 Å². The Morgan fingerprint density at radius 2 is 2.10 bits per heavy atom. The highest BCUT2D eigenvalue weighted by molar-refractivity contribution is 5.28. The SMILES string of the molecule is CCCNC(CC)(CO)CCCOc1ccc(F)c(C)c1. The van der Waals surface area contributed by atoms with E-state index >= 15 is 0 Å². The summed E-state index contributed by atoms with van der Waals surface area (Å²) in [6.07, 6.45) is 3.65. The minimum Gasteiger partial charge on any atom is -0.494 e. The summed E-state index contributed by atoms with van der Waals surface area (Å²) >= 11 is 0. The predicted molar refractivity (Wildman–Crippen MR) is 84.3 cm³/mol. The van der Waals surface area contributed by atoms with Gasteiger partial charge < -0.3 is 15.2 Å². The van der Waals surface area contributed by atoms with Gasteiger partial charge in [-0.25, -0.2) is 4.39 Å². The van der Waals surface area contributed by atoms with Gasteiger partial charge in [0.05, 0.1) is 13.2 Å². The molecule has 0 amide bonds. The Labute approximate surface area is 127 Å². The lowest BCUT2D eigenvalue weighted by Gasteiger charge is -2.32. The average molecular weight is 297 g/mol. The van der Waals surface area contributed by atoms with E-state index in [0.717, 1.165) is 32.2 Å². The number of nitrogens with one attached hydrogen (secondary N) is 1. The molecule has 0 aliphatic rings. The van der Waals surface area contributed by atoms with Gasteiger partial charge >= 0.3 is 0 Å². The van der Waals surface area contributed by atoms with E-state index in [4.69, 9.17) is 4.74 Å². The lowest BCUT2D eigenvalue weighted by atomic mass is 9.91. The molecule has 0 spiro atoms. The fraction of sp³-hybridized carbons (Fsp3) is 0.647. The smallest absolute Gasteiger partial charge is 0.126 e. The van der Waals surface area contributed by atoms with Crippen LogP contribution in [0.4, 0.5) is 4.39 Å². The minimum atomic E-state index is -0.212. The van der Waals surface area contributed by atoms with Crippen LogP contribution in [-0.4, -0.2) is 30.4 Å². The highest BCUT2D eigenvalue weighted by atomic mass is 19.1. The maximum atomic E-state index is 13.2. The maximum Gasteiger partial charge on any atom is 0.126 e. The van der Waals surface area contributed by atoms with E-state index in [1.165, 1.54) is 6.07 Å². The number of hydrogen-bond acceptors (Lipinski definition) is 3. The molecular weight excluding hydrogens is 269 g/mol. The Balaban J connectivity index is 2.41. The van der Waals surface area contributed by atoms with E-state index in [9.17, 15) is 9.50 Å². The summed E-state index contributed by atoms with van der Waals surface area (Å²) < 4.78 is 18.8. The maximum absolute atomic E-state index is 13.2. The highest BCUT2D eigenvalue weighted by Crippen LogP contribution is 2.19. The van der Waals surface area contributed by atoms with E-state index in [2.05, 4.69) is 19.2 Å². The molecular formula is C17H28FNO2. The molecule has 0 fully saturated rings. The second-order valence-corrected chi connectivity index (χ2v) is 5.58. The van der Waals surface area contributed by atoms with Gasteiger partial charge in [-0.3, -0.25) is 0 Å². The van der Waals surface area contributed by atoms with Crippen molar-refractivity contribution in [3.63, 3.8) is 0 Å². The highest BCUT2D eigenvalue weighted by Gasteiger charge is 2.25. The van der Waals surface area contributed by atoms with Gasteiger partial charge in [-0.05, 0) is 62.9 Å². The third-order valence-electron chi connectivity index (χ3n) is 3.93. The number of hydrogen-bond donors (Lipinski definition) is 2. The minimum absolute atomic E-state index is 0.138. The number of aliphatic hydroxyl groups is 1. The van der Waals surface area contributed by atoms with Crippen LogP contribution in [0, 0.1) is 12.7 Å². The van der Waals surface area contributed by atoms with Crippen LogP contribution in [-0.2, 0) is 0 Å². The topological polar surface area (TPSA) is 41.5 Å². The normalized spacial score (nSPS) is 14.0. The van der Waals surface area contributed by atoms with Crippen molar-refractivity contribution in [1.82, 2.24) is 5.32 Å². The summed E-state index contributed by atoms with van der Waals surface area (Å²) in [6.45, 7) is 7.55. The van der Waals surface area contributed by atoms with Crippen LogP contribution in [0.1, 0.15) is 45.1 Å². The first-order valence-electron chi connectivity index (χ1n) is 7.81. The number of ether oxygens (including phenoxy) is 1. The Morgan fingerprint density at radius 3 is 2.67 bits per heavy atom. The van der Waals surface area contributed by atoms with Gasteiger partial charge in [-0.2, -0.15) is 0 Å². The molecule has 1 atom stereocenters. The van der Waals surface area contributed by atoms with Gasteiger partial charge in [0.25, 0.3) is 0 Å². The fourth-order valence-electron chi connectivity index (χ4n) is 2.33. The molecule has 0 heterocycles. The second-order valence-electron chi connectivity index (χ2n) is 5.58. The van der Waals surface area contributed by atoms with Gasteiger partial charge in [0.1, 0.15) is 11.6 Å². The van der Waals surface area contributed by atoms with Crippen LogP contribution in [0.5, 0.6) is 5.75 Å². The summed E-state index contributed by atoms with van der Waals surface area (Å²) in [6, 6.07) is 4.79. The summed E-state index contributed by atoms with van der Waals surface area (Å²) in [5.74, 6) is 0.484. The number of benzene rings is 1. The fourth-order valence-corrected chi connectivity index (χ4v) is 2.33. The molecule has 1 unspecified atom stereocenters. The van der Waals surface area contributed by atoms with Crippen molar-refractivity contribution >= 4 is 0 Å². The van der Waals surface area contributed by atoms with Crippen LogP contribution in [0.3, 0.4) is 0 Å². The molecule has 3 nitrogen and oxygen atoms in total. The van der Waals surface area contributed by atoms with E-state index in [0.29, 0.717) is 17.9 Å². The second kappa shape index (κ2) is 9.00.